The van der Waals surface area contributed by atoms with E-state index in [9.17, 15) is 9.59 Å². The molecule has 0 unspecified atom stereocenters. The number of carbonyl (C=O) groups excluding carboxylic acids is 2. The molecule has 0 bridgehead atoms. The lowest BCUT2D eigenvalue weighted by atomic mass is 10.00. The van der Waals surface area contributed by atoms with Crippen molar-refractivity contribution in [1.82, 2.24) is 10.2 Å². The number of amides is 2. The van der Waals surface area contributed by atoms with Crippen LogP contribution in [0.25, 0.3) is 0 Å². The highest BCUT2D eigenvalue weighted by atomic mass is 16.2. The maximum atomic E-state index is 13.2. The lowest BCUT2D eigenvalue weighted by molar-refractivity contribution is -0.140. The molecule has 0 radical (unpaired) electrons. The molecular formula is C27H38N2O2. The lowest BCUT2D eigenvalue weighted by Crippen LogP contribution is -2.48. The van der Waals surface area contributed by atoms with Crippen LogP contribution in [-0.2, 0) is 22.6 Å². The van der Waals surface area contributed by atoms with Crippen molar-refractivity contribution in [2.45, 2.75) is 78.8 Å². The van der Waals surface area contributed by atoms with E-state index < -0.39 is 6.04 Å². The number of nitrogens with zero attached hydrogens (tertiary/aromatic N) is 1. The molecule has 2 rings (SSSR count). The average molecular weight is 423 g/mol. The SMILES string of the molecule is CCCCNC(=O)[C@H](C)N(Cc1ccccc1C)C(=O)CCc1ccc(C(C)C)cc1. The molecule has 0 spiro atoms. The average Bonchev–Trinajstić information content (AvgIpc) is 2.76. The molecule has 0 aromatic heterocycles. The van der Waals surface area contributed by atoms with Crippen LogP contribution >= 0.6 is 0 Å². The van der Waals surface area contributed by atoms with Gasteiger partial charge in [0, 0.05) is 19.5 Å². The monoisotopic (exact) mass is 422 g/mol. The van der Waals surface area contributed by atoms with E-state index in [0.29, 0.717) is 31.8 Å². The third-order valence-electron chi connectivity index (χ3n) is 5.87. The summed E-state index contributed by atoms with van der Waals surface area (Å²) in [6, 6.07) is 16.0. The molecule has 4 heteroatoms. The van der Waals surface area contributed by atoms with E-state index in [1.807, 2.05) is 38.1 Å². The molecule has 0 saturated heterocycles. The topological polar surface area (TPSA) is 49.4 Å². The summed E-state index contributed by atoms with van der Waals surface area (Å²) >= 11 is 0. The zero-order valence-corrected chi connectivity index (χ0v) is 19.8. The summed E-state index contributed by atoms with van der Waals surface area (Å²) in [6.45, 7) is 11.4. The van der Waals surface area contributed by atoms with Gasteiger partial charge in [0.2, 0.25) is 11.8 Å². The Bertz CT molecular complexity index is 843. The number of aryl methyl sites for hydroxylation is 2. The molecule has 31 heavy (non-hydrogen) atoms. The highest BCUT2D eigenvalue weighted by molar-refractivity contribution is 5.87. The van der Waals surface area contributed by atoms with E-state index in [0.717, 1.165) is 29.5 Å². The Labute approximate surface area is 188 Å². The molecule has 2 aromatic rings. The summed E-state index contributed by atoms with van der Waals surface area (Å²) in [5, 5.41) is 2.98. The van der Waals surface area contributed by atoms with Gasteiger partial charge in [-0.15, -0.1) is 0 Å². The standard InChI is InChI=1S/C27H38N2O2/c1-6-7-18-28-27(31)22(5)29(19-25-11-9-8-10-21(25)4)26(30)17-14-23-12-15-24(16-13-23)20(2)3/h8-13,15-16,20,22H,6-7,14,17-19H2,1-5H3,(H,28,31)/t22-/m0/s1. The van der Waals surface area contributed by atoms with Crippen molar-refractivity contribution in [3.63, 3.8) is 0 Å². The van der Waals surface area contributed by atoms with Gasteiger partial charge in [-0.05, 0) is 54.9 Å². The fourth-order valence-corrected chi connectivity index (χ4v) is 3.55. The first-order chi connectivity index (χ1) is 14.8. The lowest BCUT2D eigenvalue weighted by Gasteiger charge is -2.29. The van der Waals surface area contributed by atoms with Crippen molar-refractivity contribution in [3.05, 3.63) is 70.8 Å². The predicted octanol–water partition coefficient (Wildman–Crippen LogP) is 5.38. The molecule has 0 aliphatic heterocycles. The molecule has 4 nitrogen and oxygen atoms in total. The summed E-state index contributed by atoms with van der Waals surface area (Å²) in [5.74, 6) is 0.415. The fourth-order valence-electron chi connectivity index (χ4n) is 3.55. The zero-order chi connectivity index (χ0) is 22.8. The van der Waals surface area contributed by atoms with Gasteiger partial charge in [0.15, 0.2) is 0 Å². The second-order valence-corrected chi connectivity index (χ2v) is 8.66. The first-order valence-corrected chi connectivity index (χ1v) is 11.5. The Hall–Kier alpha value is -2.62. The van der Waals surface area contributed by atoms with Crippen LogP contribution in [0.4, 0.5) is 0 Å². The molecule has 0 saturated carbocycles. The summed E-state index contributed by atoms with van der Waals surface area (Å²) in [7, 11) is 0. The van der Waals surface area contributed by atoms with E-state index in [1.165, 1.54) is 5.56 Å². The minimum absolute atomic E-state index is 0.00864. The van der Waals surface area contributed by atoms with Crippen LogP contribution in [0.2, 0.25) is 0 Å². The van der Waals surface area contributed by atoms with Crippen molar-refractivity contribution in [2.24, 2.45) is 0 Å². The molecule has 1 atom stereocenters. The summed E-state index contributed by atoms with van der Waals surface area (Å²) in [5.41, 5.74) is 4.65. The third kappa shape index (κ3) is 7.54. The van der Waals surface area contributed by atoms with Gasteiger partial charge in [-0.1, -0.05) is 75.7 Å². The van der Waals surface area contributed by atoms with Crippen molar-refractivity contribution < 1.29 is 9.59 Å². The number of rotatable bonds is 11. The molecule has 0 aliphatic carbocycles. The first-order valence-electron chi connectivity index (χ1n) is 11.5. The van der Waals surface area contributed by atoms with E-state index in [-0.39, 0.29) is 11.8 Å². The van der Waals surface area contributed by atoms with Crippen molar-refractivity contribution in [1.29, 1.82) is 0 Å². The molecular weight excluding hydrogens is 384 g/mol. The Balaban J connectivity index is 2.11. The number of hydrogen-bond acceptors (Lipinski definition) is 2. The summed E-state index contributed by atoms with van der Waals surface area (Å²) in [6.07, 6.45) is 3.03. The maximum Gasteiger partial charge on any atom is 0.242 e. The smallest absolute Gasteiger partial charge is 0.242 e. The highest BCUT2D eigenvalue weighted by Gasteiger charge is 2.26. The second-order valence-electron chi connectivity index (χ2n) is 8.66. The van der Waals surface area contributed by atoms with E-state index in [1.54, 1.807) is 4.90 Å². The van der Waals surface area contributed by atoms with Crippen LogP contribution < -0.4 is 5.32 Å². The van der Waals surface area contributed by atoms with E-state index >= 15 is 0 Å². The molecule has 0 fully saturated rings. The third-order valence-corrected chi connectivity index (χ3v) is 5.87. The highest BCUT2D eigenvalue weighted by Crippen LogP contribution is 2.18. The van der Waals surface area contributed by atoms with Gasteiger partial charge in [0.1, 0.15) is 6.04 Å². The van der Waals surface area contributed by atoms with Gasteiger partial charge in [-0.3, -0.25) is 9.59 Å². The molecule has 2 aromatic carbocycles. The van der Waals surface area contributed by atoms with Crippen LogP contribution in [0.3, 0.4) is 0 Å². The van der Waals surface area contributed by atoms with Crippen LogP contribution in [0.5, 0.6) is 0 Å². The number of hydrogen-bond donors (Lipinski definition) is 1. The van der Waals surface area contributed by atoms with Gasteiger partial charge in [-0.2, -0.15) is 0 Å². The van der Waals surface area contributed by atoms with Crippen molar-refractivity contribution in [3.8, 4) is 0 Å². The maximum absolute atomic E-state index is 13.2. The Morgan fingerprint density at radius 1 is 1.00 bits per heavy atom. The molecule has 1 N–H and O–H groups in total. The van der Waals surface area contributed by atoms with Gasteiger partial charge in [-0.25, -0.2) is 0 Å². The second kappa shape index (κ2) is 12.3. The number of carbonyl (C=O) groups is 2. The Morgan fingerprint density at radius 3 is 2.29 bits per heavy atom. The molecule has 2 amide bonds. The van der Waals surface area contributed by atoms with Gasteiger partial charge in [0.05, 0.1) is 0 Å². The van der Waals surface area contributed by atoms with E-state index in [4.69, 9.17) is 0 Å². The molecule has 0 heterocycles. The summed E-state index contributed by atoms with van der Waals surface area (Å²) in [4.78, 5) is 27.7. The van der Waals surface area contributed by atoms with Crippen molar-refractivity contribution in [2.75, 3.05) is 6.54 Å². The van der Waals surface area contributed by atoms with Crippen LogP contribution in [-0.4, -0.2) is 29.3 Å². The summed E-state index contributed by atoms with van der Waals surface area (Å²) < 4.78 is 0. The number of nitrogens with one attached hydrogen (secondary N) is 1. The zero-order valence-electron chi connectivity index (χ0n) is 19.8. The quantitative estimate of drug-likeness (QED) is 0.494. The first kappa shape index (κ1) is 24.6. The minimum Gasteiger partial charge on any atom is -0.354 e. The fraction of sp³-hybridized carbons (Fsp3) is 0.481. The van der Waals surface area contributed by atoms with Gasteiger partial charge < -0.3 is 10.2 Å². The van der Waals surface area contributed by atoms with Gasteiger partial charge in [0.25, 0.3) is 0 Å². The number of unbranched alkanes of at least 4 members (excludes halogenated alkanes) is 1. The molecule has 0 aliphatic rings. The van der Waals surface area contributed by atoms with Crippen LogP contribution in [0.1, 0.15) is 75.1 Å². The largest absolute Gasteiger partial charge is 0.354 e. The molecule has 168 valence electrons. The normalized spacial score (nSPS) is 11.9. The Morgan fingerprint density at radius 2 is 1.68 bits per heavy atom. The van der Waals surface area contributed by atoms with Gasteiger partial charge >= 0.3 is 0 Å². The van der Waals surface area contributed by atoms with Crippen molar-refractivity contribution >= 4 is 11.8 Å². The van der Waals surface area contributed by atoms with E-state index in [2.05, 4.69) is 50.4 Å². The Kier molecular flexibility index (Phi) is 9.77. The van der Waals surface area contributed by atoms with Crippen LogP contribution in [0, 0.1) is 6.92 Å². The van der Waals surface area contributed by atoms with Crippen LogP contribution in [0.15, 0.2) is 48.5 Å². The predicted molar refractivity (Wildman–Crippen MR) is 128 cm³/mol. The number of benzene rings is 2. The minimum atomic E-state index is -0.507.